The molecule has 0 aromatic heterocycles. The molecule has 1 aliphatic heterocycles. The summed E-state index contributed by atoms with van der Waals surface area (Å²) < 4.78 is 4.94. The Hall–Kier alpha value is 1.22. The molecule has 0 bridgehead atoms. The zero-order valence-electron chi connectivity index (χ0n) is 45.4. The number of hydrogen-bond donors (Lipinski definition) is 3. The van der Waals surface area contributed by atoms with Crippen molar-refractivity contribution < 1.29 is 86.7 Å². The zero-order valence-corrected chi connectivity index (χ0v) is 53.9. The molecule has 1 saturated heterocycles. The van der Waals surface area contributed by atoms with Crippen LogP contribution >= 0.6 is 24.0 Å². The molecule has 16 heteroatoms. The number of nitrogens with zero attached hydrogens (tertiary/aromatic N) is 7. The molecule has 0 amide bonds. The van der Waals surface area contributed by atoms with E-state index >= 15 is 0 Å². The first-order chi connectivity index (χ1) is 29.2. The van der Waals surface area contributed by atoms with Gasteiger partial charge in [0.15, 0.2) is 0 Å². The van der Waals surface area contributed by atoms with Crippen LogP contribution in [0.4, 0.5) is 0 Å². The van der Waals surface area contributed by atoms with Crippen molar-refractivity contribution in [1.82, 2.24) is 16.0 Å². The van der Waals surface area contributed by atoms with E-state index in [-0.39, 0.29) is 109 Å². The number of halogens is 2. The van der Waals surface area contributed by atoms with E-state index in [0.717, 1.165) is 45.3 Å². The Bertz CT molecular complexity index is 776. The van der Waals surface area contributed by atoms with Gasteiger partial charge in [-0.3, -0.25) is 0 Å². The van der Waals surface area contributed by atoms with Crippen LogP contribution in [0.2, 0.25) is 0 Å². The summed E-state index contributed by atoms with van der Waals surface area (Å²) in [6, 6.07) is 10.0. The Balaban J connectivity index is -0.0000000431. The fraction of sp³-hybridized carbons (Fsp3) is 0.720. The van der Waals surface area contributed by atoms with E-state index in [2.05, 4.69) is 102 Å². The van der Waals surface area contributed by atoms with Crippen molar-refractivity contribution in [1.29, 1.82) is 0 Å². The topological polar surface area (TPSA) is 144 Å². The Labute approximate surface area is 486 Å². The van der Waals surface area contributed by atoms with Gasteiger partial charge in [-0.2, -0.15) is 110 Å². The van der Waals surface area contributed by atoms with Gasteiger partial charge in [0.25, 0.3) is 0 Å². The summed E-state index contributed by atoms with van der Waals surface area (Å²) in [6.07, 6.45) is 29.6. The molecule has 66 heavy (non-hydrogen) atoms. The van der Waals surface area contributed by atoms with Gasteiger partial charge in [0.2, 0.25) is 0 Å². The molecule has 4 aliphatic rings. The summed E-state index contributed by atoms with van der Waals surface area (Å²) in [5.74, 6) is 3.11. The molecule has 1 aromatic rings. The zero-order chi connectivity index (χ0) is 47.0. The molecule has 3 N–H and O–H groups in total. The first-order valence-corrected chi connectivity index (χ1v) is 22.1. The van der Waals surface area contributed by atoms with Crippen molar-refractivity contribution in [2.75, 3.05) is 158 Å². The summed E-state index contributed by atoms with van der Waals surface area (Å²) in [7, 11) is 28.8. The number of rotatable bonds is 11. The average molecular weight is 1140 g/mol. The van der Waals surface area contributed by atoms with Crippen LogP contribution in [-0.2, 0) is 57.1 Å². The van der Waals surface area contributed by atoms with Gasteiger partial charge in [-0.1, -0.05) is 88.1 Å². The Kier molecular flexibility index (Phi) is 170. The molecule has 5 rings (SSSR count). The van der Waals surface area contributed by atoms with Gasteiger partial charge >= 0.3 is 82.0 Å². The Morgan fingerprint density at radius 1 is 0.545 bits per heavy atom. The van der Waals surface area contributed by atoms with Crippen molar-refractivity contribution in [3.63, 3.8) is 0 Å². The maximum atomic E-state index is 5.24. The Morgan fingerprint density at radius 2 is 0.848 bits per heavy atom. The third kappa shape index (κ3) is 126. The van der Waals surface area contributed by atoms with Crippen LogP contribution in [0.15, 0.2) is 78.9 Å². The molecule has 1 saturated carbocycles. The SMILES string of the molecule is C.C1CCOC1.CNCCC1C=CC=C1.CNCCC1C=CC=C1.CNCCCl.C[N-]C.C[N-]C.C[N-]C.C[N-]C.C[N-]C.C[N-]C.C[N-]CCC1CCCC1.Cl.[CH3-].[Na+].[Zr+4].[Zr+4].c1cc[cH-]c1. The summed E-state index contributed by atoms with van der Waals surface area (Å²) in [5, 5.41) is 34.2. The predicted molar refractivity (Wildman–Crippen MR) is 300 cm³/mol. The predicted octanol–water partition coefficient (Wildman–Crippen LogP) is 10.1. The van der Waals surface area contributed by atoms with Crippen LogP contribution < -0.4 is 45.5 Å². The fourth-order valence-corrected chi connectivity index (χ4v) is 4.69. The largest absolute Gasteiger partial charge is 4.00 e. The minimum Gasteiger partial charge on any atom is -0.668 e. The molecular formula is C50H107Cl2N10NaOZr2. The number of ether oxygens (including phenoxy) is 1. The first kappa shape index (κ1) is 100. The van der Waals surface area contributed by atoms with E-state index in [4.69, 9.17) is 16.3 Å². The average Bonchev–Trinajstić information content (AvgIpc) is 4.11. The van der Waals surface area contributed by atoms with Gasteiger partial charge in [0.05, 0.1) is 0 Å². The monoisotopic (exact) mass is 1140 g/mol. The van der Waals surface area contributed by atoms with Crippen molar-refractivity contribution in [2.45, 2.75) is 65.2 Å². The third-order valence-corrected chi connectivity index (χ3v) is 7.26. The van der Waals surface area contributed by atoms with Gasteiger partial charge in [0, 0.05) is 25.6 Å². The van der Waals surface area contributed by atoms with Gasteiger partial charge in [-0.15, -0.1) is 30.6 Å². The van der Waals surface area contributed by atoms with Gasteiger partial charge in [-0.25, -0.2) is 12.1 Å². The molecule has 11 nitrogen and oxygen atoms in total. The third-order valence-electron chi connectivity index (χ3n) is 7.07. The van der Waals surface area contributed by atoms with Gasteiger partial charge in [-0.05, 0) is 77.7 Å². The van der Waals surface area contributed by atoms with Crippen molar-refractivity contribution in [2.24, 2.45) is 17.8 Å². The molecular weight excluding hydrogens is 1030 g/mol. The summed E-state index contributed by atoms with van der Waals surface area (Å²) in [5.41, 5.74) is 0. The van der Waals surface area contributed by atoms with Crippen LogP contribution in [-0.4, -0.2) is 158 Å². The minimum absolute atomic E-state index is 0. The molecule has 3 aliphatic carbocycles. The second-order valence-electron chi connectivity index (χ2n) is 13.4. The summed E-state index contributed by atoms with van der Waals surface area (Å²) in [4.78, 5) is 0. The molecule has 386 valence electrons. The van der Waals surface area contributed by atoms with Crippen molar-refractivity contribution in [3.8, 4) is 0 Å². The molecule has 2 fully saturated rings. The molecule has 0 radical (unpaired) electrons. The van der Waals surface area contributed by atoms with E-state index in [1.807, 2.05) is 58.5 Å². The summed E-state index contributed by atoms with van der Waals surface area (Å²) >= 11 is 5.24. The minimum atomic E-state index is 0. The molecule has 1 heterocycles. The maximum Gasteiger partial charge on any atom is 4.00 e. The van der Waals surface area contributed by atoms with Crippen molar-refractivity contribution >= 4 is 24.0 Å². The van der Waals surface area contributed by atoms with E-state index in [0.29, 0.717) is 17.7 Å². The van der Waals surface area contributed by atoms with E-state index in [9.17, 15) is 0 Å². The smallest absolute Gasteiger partial charge is 0.668 e. The van der Waals surface area contributed by atoms with E-state index in [1.54, 1.807) is 84.6 Å². The maximum absolute atomic E-state index is 5.24. The Morgan fingerprint density at radius 3 is 1.03 bits per heavy atom. The van der Waals surface area contributed by atoms with Crippen molar-refractivity contribution in [3.05, 3.63) is 124 Å². The van der Waals surface area contributed by atoms with E-state index < -0.39 is 0 Å². The van der Waals surface area contributed by atoms with Crippen LogP contribution in [0.1, 0.15) is 65.2 Å². The molecule has 0 spiro atoms. The first-order valence-electron chi connectivity index (χ1n) is 21.6. The van der Waals surface area contributed by atoms with Gasteiger partial charge < -0.3 is 65.3 Å². The second-order valence-corrected chi connectivity index (χ2v) is 13.8. The van der Waals surface area contributed by atoms with Crippen LogP contribution in [0, 0.1) is 25.2 Å². The quantitative estimate of drug-likeness (QED) is 0.115. The van der Waals surface area contributed by atoms with Crippen LogP contribution in [0.5, 0.6) is 0 Å². The van der Waals surface area contributed by atoms with Crippen LogP contribution in [0.3, 0.4) is 0 Å². The molecule has 1 aromatic carbocycles. The standard InChI is InChI=1S/C8H16N.2C8H13N.C5H5.C4H8O.C3H8ClN.6C2H6N.CH4.CH3.ClH.Na.2Zr/c3*1-9-7-6-8-4-2-3-5-8;2*1-2-4-5-3-1;1-5-3-2-4;6*1-3-2;;;;;;/h8H,2-7H2,1H3;2*2-5,8-9H,6-7H2,1H3;1-5H;1-4H2;5H,2-3H2,1H3;6*1-2H3;1H4;1H3;1H;;;/q-1;;;-1;;;6*-1;;-1;;+1;2*+4. The number of allylic oxidation sites excluding steroid dienone is 8. The normalized spacial score (nSPS) is 12.3. The van der Waals surface area contributed by atoms with E-state index in [1.165, 1.54) is 57.8 Å². The number of alkyl halides is 1. The number of hydrogen-bond acceptors (Lipinski definition) is 4. The number of nitrogens with one attached hydrogen (secondary N) is 3. The van der Waals surface area contributed by atoms with Crippen LogP contribution in [0.25, 0.3) is 37.2 Å². The fourth-order valence-electron chi connectivity index (χ4n) is 4.50. The summed E-state index contributed by atoms with van der Waals surface area (Å²) in [6.45, 7) is 6.21. The van der Waals surface area contributed by atoms with Gasteiger partial charge in [0.1, 0.15) is 0 Å². The molecule has 0 unspecified atom stereocenters. The molecule has 0 atom stereocenters. The second kappa shape index (κ2) is 112.